The van der Waals surface area contributed by atoms with E-state index in [0.29, 0.717) is 11.5 Å². The summed E-state index contributed by atoms with van der Waals surface area (Å²) in [6.07, 6.45) is 0. The Hall–Kier alpha value is -3.22. The molecule has 0 radical (unpaired) electrons. The van der Waals surface area contributed by atoms with Crippen LogP contribution in [-0.4, -0.2) is 11.9 Å². The van der Waals surface area contributed by atoms with Crippen LogP contribution in [0.15, 0.2) is 93.9 Å². The molecule has 0 saturated heterocycles. The first-order chi connectivity index (χ1) is 16.8. The molecule has 1 aliphatic rings. The second-order valence-corrected chi connectivity index (χ2v) is 10.2. The highest BCUT2D eigenvalue weighted by molar-refractivity contribution is 9.10. The number of halogens is 2. The summed E-state index contributed by atoms with van der Waals surface area (Å²) in [7, 11) is 0. The second kappa shape index (κ2) is 9.10. The monoisotopic (exact) mass is 590 g/mol. The predicted molar refractivity (Wildman–Crippen MR) is 142 cm³/mol. The van der Waals surface area contributed by atoms with Gasteiger partial charge in [-0.3, -0.25) is 9.59 Å². The highest BCUT2D eigenvalue weighted by Gasteiger charge is 2.46. The summed E-state index contributed by atoms with van der Waals surface area (Å²) >= 11 is 7.35. The predicted octanol–water partition coefficient (Wildman–Crippen LogP) is 7.43. The number of ether oxygens (including phenoxy) is 2. The molecule has 0 bridgehead atoms. The molecule has 35 heavy (non-hydrogen) atoms. The van der Waals surface area contributed by atoms with Crippen molar-refractivity contribution in [3.63, 3.8) is 0 Å². The Morgan fingerprint density at radius 3 is 1.31 bits per heavy atom. The molecule has 0 unspecified atom stereocenters. The molecule has 0 fully saturated rings. The average Bonchev–Trinajstić information content (AvgIpc) is 3.09. The molecular formula is C29H20Br2O4. The molecule has 6 heteroatoms. The minimum atomic E-state index is -0.651. The molecule has 1 aliphatic carbocycles. The minimum Gasteiger partial charge on any atom is -0.427 e. The van der Waals surface area contributed by atoms with Crippen LogP contribution in [-0.2, 0) is 15.0 Å². The van der Waals surface area contributed by atoms with E-state index in [1.807, 2.05) is 60.7 Å². The Labute approximate surface area is 220 Å². The number of rotatable bonds is 4. The lowest BCUT2D eigenvalue weighted by Crippen LogP contribution is -2.28. The highest BCUT2D eigenvalue weighted by atomic mass is 79.9. The summed E-state index contributed by atoms with van der Waals surface area (Å²) in [5.41, 5.74) is 5.92. The normalized spacial score (nSPS) is 13.0. The topological polar surface area (TPSA) is 52.6 Å². The average molecular weight is 592 g/mol. The first-order valence-electron chi connectivity index (χ1n) is 11.0. The van der Waals surface area contributed by atoms with Gasteiger partial charge in [0.2, 0.25) is 0 Å². The Morgan fingerprint density at radius 2 is 0.971 bits per heavy atom. The summed E-state index contributed by atoms with van der Waals surface area (Å²) in [5.74, 6) is 0.253. The van der Waals surface area contributed by atoms with E-state index in [1.165, 1.54) is 13.8 Å². The number of fused-ring (bicyclic) bond motifs is 3. The first kappa shape index (κ1) is 23.5. The lowest BCUT2D eigenvalue weighted by atomic mass is 9.67. The van der Waals surface area contributed by atoms with Gasteiger partial charge >= 0.3 is 11.9 Å². The molecule has 0 spiro atoms. The van der Waals surface area contributed by atoms with Gasteiger partial charge in [-0.25, -0.2) is 0 Å². The van der Waals surface area contributed by atoms with Gasteiger partial charge in [0.15, 0.2) is 0 Å². The van der Waals surface area contributed by atoms with E-state index in [-0.39, 0.29) is 11.9 Å². The second-order valence-electron chi connectivity index (χ2n) is 8.37. The van der Waals surface area contributed by atoms with E-state index in [2.05, 4.69) is 56.1 Å². The van der Waals surface area contributed by atoms with Gasteiger partial charge in [-0.05, 0) is 81.9 Å². The highest BCUT2D eigenvalue weighted by Crippen LogP contribution is 2.57. The lowest BCUT2D eigenvalue weighted by molar-refractivity contribution is -0.132. The lowest BCUT2D eigenvalue weighted by Gasteiger charge is -2.34. The van der Waals surface area contributed by atoms with Crippen LogP contribution in [0.2, 0.25) is 0 Å². The van der Waals surface area contributed by atoms with Gasteiger partial charge in [0, 0.05) is 22.8 Å². The molecule has 0 heterocycles. The van der Waals surface area contributed by atoms with Crippen molar-refractivity contribution < 1.29 is 19.1 Å². The third-order valence-corrected chi connectivity index (χ3v) is 7.15. The van der Waals surface area contributed by atoms with Gasteiger partial charge in [-0.1, -0.05) is 68.3 Å². The number of carbonyl (C=O) groups is 2. The molecule has 0 aliphatic heterocycles. The number of hydrogen-bond acceptors (Lipinski definition) is 4. The molecular weight excluding hydrogens is 572 g/mol. The SMILES string of the molecule is CC(=O)Oc1ccc(C2(c3ccc(OC(C)=O)cc3)c3cc(Br)ccc3-c3ccc(Br)cc32)cc1. The van der Waals surface area contributed by atoms with Gasteiger partial charge in [0.25, 0.3) is 0 Å². The molecule has 4 nitrogen and oxygen atoms in total. The number of hydrogen-bond donors (Lipinski definition) is 0. The fourth-order valence-corrected chi connectivity index (χ4v) is 5.66. The van der Waals surface area contributed by atoms with Crippen molar-refractivity contribution in [2.45, 2.75) is 19.3 Å². The van der Waals surface area contributed by atoms with Gasteiger partial charge in [-0.15, -0.1) is 0 Å². The van der Waals surface area contributed by atoms with Crippen LogP contribution in [0.25, 0.3) is 11.1 Å². The summed E-state index contributed by atoms with van der Waals surface area (Å²) in [5, 5.41) is 0. The summed E-state index contributed by atoms with van der Waals surface area (Å²) in [4.78, 5) is 23.0. The van der Waals surface area contributed by atoms with E-state index < -0.39 is 5.41 Å². The van der Waals surface area contributed by atoms with Crippen LogP contribution in [0.4, 0.5) is 0 Å². The fourth-order valence-electron chi connectivity index (χ4n) is 4.93. The Balaban J connectivity index is 1.82. The zero-order chi connectivity index (χ0) is 24.7. The third kappa shape index (κ3) is 4.11. The molecule has 5 rings (SSSR count). The van der Waals surface area contributed by atoms with Crippen molar-refractivity contribution in [3.05, 3.63) is 116 Å². The van der Waals surface area contributed by atoms with Crippen molar-refractivity contribution in [1.29, 1.82) is 0 Å². The molecule has 174 valence electrons. The zero-order valence-corrected chi connectivity index (χ0v) is 22.1. The minimum absolute atomic E-state index is 0.363. The van der Waals surface area contributed by atoms with Gasteiger partial charge in [-0.2, -0.15) is 0 Å². The Kier molecular flexibility index (Phi) is 6.11. The quantitative estimate of drug-likeness (QED) is 0.161. The third-order valence-electron chi connectivity index (χ3n) is 6.16. The van der Waals surface area contributed by atoms with Crippen molar-refractivity contribution in [3.8, 4) is 22.6 Å². The van der Waals surface area contributed by atoms with Crippen LogP contribution in [0.5, 0.6) is 11.5 Å². The molecule has 0 aromatic heterocycles. The van der Waals surface area contributed by atoms with Gasteiger partial charge < -0.3 is 9.47 Å². The van der Waals surface area contributed by atoms with Crippen LogP contribution in [0.3, 0.4) is 0 Å². The molecule has 0 N–H and O–H groups in total. The van der Waals surface area contributed by atoms with E-state index in [0.717, 1.165) is 42.3 Å². The first-order valence-corrected chi connectivity index (χ1v) is 12.6. The Bertz CT molecular complexity index is 1340. The zero-order valence-electron chi connectivity index (χ0n) is 19.0. The molecule has 4 aromatic carbocycles. The van der Waals surface area contributed by atoms with E-state index in [1.54, 1.807) is 0 Å². The standard InChI is InChI=1S/C29H20Br2O4/c1-17(32)34-23-9-3-19(4-10-23)29(20-5-11-24(12-6-20)35-18(2)33)27-15-21(30)7-13-25(27)26-14-8-22(31)16-28(26)29/h3-16H,1-2H3. The fraction of sp³-hybridized carbons (Fsp3) is 0.103. The van der Waals surface area contributed by atoms with Crippen molar-refractivity contribution in [2.75, 3.05) is 0 Å². The van der Waals surface area contributed by atoms with Crippen LogP contribution in [0, 0.1) is 0 Å². The van der Waals surface area contributed by atoms with Crippen LogP contribution < -0.4 is 9.47 Å². The van der Waals surface area contributed by atoms with E-state index in [4.69, 9.17) is 9.47 Å². The van der Waals surface area contributed by atoms with Gasteiger partial charge in [0.05, 0.1) is 5.41 Å². The number of esters is 2. The Morgan fingerprint density at radius 1 is 0.600 bits per heavy atom. The molecule has 0 amide bonds. The van der Waals surface area contributed by atoms with Crippen molar-refractivity contribution in [2.24, 2.45) is 0 Å². The largest absolute Gasteiger partial charge is 0.427 e. The van der Waals surface area contributed by atoms with Crippen molar-refractivity contribution in [1.82, 2.24) is 0 Å². The summed E-state index contributed by atoms with van der Waals surface area (Å²) in [6, 6.07) is 27.9. The maximum atomic E-state index is 11.5. The van der Waals surface area contributed by atoms with E-state index >= 15 is 0 Å². The van der Waals surface area contributed by atoms with Gasteiger partial charge in [0.1, 0.15) is 11.5 Å². The smallest absolute Gasteiger partial charge is 0.308 e. The van der Waals surface area contributed by atoms with Crippen LogP contribution >= 0.6 is 31.9 Å². The van der Waals surface area contributed by atoms with E-state index in [9.17, 15) is 9.59 Å². The maximum Gasteiger partial charge on any atom is 0.308 e. The summed E-state index contributed by atoms with van der Waals surface area (Å²) < 4.78 is 12.5. The number of carbonyl (C=O) groups excluding carboxylic acids is 2. The van der Waals surface area contributed by atoms with Crippen LogP contribution in [0.1, 0.15) is 36.1 Å². The molecule has 4 aromatic rings. The number of benzene rings is 4. The van der Waals surface area contributed by atoms with Crippen molar-refractivity contribution >= 4 is 43.8 Å². The molecule has 0 saturated carbocycles. The maximum absolute atomic E-state index is 11.5. The summed E-state index contributed by atoms with van der Waals surface area (Å²) in [6.45, 7) is 2.77. The molecule has 0 atom stereocenters.